The van der Waals surface area contributed by atoms with E-state index in [9.17, 15) is 14.3 Å². The number of aliphatic hydroxyl groups is 1. The Morgan fingerprint density at radius 2 is 1.76 bits per heavy atom. The van der Waals surface area contributed by atoms with Gasteiger partial charge in [-0.3, -0.25) is 9.69 Å². The molecule has 0 aliphatic rings. The number of rotatable bonds is 7. The summed E-state index contributed by atoms with van der Waals surface area (Å²) >= 11 is 0. The summed E-state index contributed by atoms with van der Waals surface area (Å²) in [6, 6.07) is 13.7. The molecule has 2 aromatic rings. The summed E-state index contributed by atoms with van der Waals surface area (Å²) < 4.78 is 13.8. The Bertz CT molecular complexity index is 701. The zero-order valence-electron chi connectivity index (χ0n) is 14.9. The molecule has 0 saturated heterocycles. The molecule has 0 fully saturated rings. The number of hydrogen-bond donors (Lipinski definition) is 1. The van der Waals surface area contributed by atoms with Gasteiger partial charge in [-0.25, -0.2) is 4.39 Å². The van der Waals surface area contributed by atoms with Gasteiger partial charge in [0.25, 0.3) is 5.91 Å². The van der Waals surface area contributed by atoms with Crippen LogP contribution in [-0.4, -0.2) is 48.0 Å². The summed E-state index contributed by atoms with van der Waals surface area (Å²) in [5.41, 5.74) is 1.99. The highest BCUT2D eigenvalue weighted by Gasteiger charge is 2.16. The minimum atomic E-state index is -0.879. The standard InChI is InChI=1S/C20H25FN2O2/c1-4-23(14-19(24)17-7-5-6-8-18(17)21)13-15-9-11-16(12-10-15)20(25)22(2)3/h5-12,19,24H,4,13-14H2,1-3H3. The fourth-order valence-electron chi connectivity index (χ4n) is 2.66. The van der Waals surface area contributed by atoms with Crippen molar-refractivity contribution in [3.63, 3.8) is 0 Å². The highest BCUT2D eigenvalue weighted by molar-refractivity contribution is 5.93. The fourth-order valence-corrected chi connectivity index (χ4v) is 2.66. The van der Waals surface area contributed by atoms with E-state index in [0.29, 0.717) is 24.2 Å². The number of benzene rings is 2. The number of likely N-dealkylation sites (N-methyl/N-ethyl adjacent to an activating group) is 1. The van der Waals surface area contributed by atoms with E-state index in [0.717, 1.165) is 12.1 Å². The second-order valence-corrected chi connectivity index (χ2v) is 6.26. The Labute approximate surface area is 148 Å². The molecule has 0 aliphatic heterocycles. The Morgan fingerprint density at radius 1 is 1.12 bits per heavy atom. The third-order valence-corrected chi connectivity index (χ3v) is 4.16. The summed E-state index contributed by atoms with van der Waals surface area (Å²) in [6.07, 6.45) is -0.879. The van der Waals surface area contributed by atoms with E-state index >= 15 is 0 Å². The maximum absolute atomic E-state index is 13.8. The first-order chi connectivity index (χ1) is 11.9. The summed E-state index contributed by atoms with van der Waals surface area (Å²) in [4.78, 5) is 15.5. The van der Waals surface area contributed by atoms with E-state index in [1.54, 1.807) is 44.4 Å². The van der Waals surface area contributed by atoms with Crippen molar-refractivity contribution in [3.8, 4) is 0 Å². The molecule has 0 radical (unpaired) electrons. The number of hydrogen-bond acceptors (Lipinski definition) is 3. The van der Waals surface area contributed by atoms with E-state index in [2.05, 4.69) is 0 Å². The Kier molecular flexibility index (Phi) is 6.67. The second-order valence-electron chi connectivity index (χ2n) is 6.26. The van der Waals surface area contributed by atoms with Crippen LogP contribution in [-0.2, 0) is 6.54 Å². The lowest BCUT2D eigenvalue weighted by molar-refractivity contribution is 0.0827. The van der Waals surface area contributed by atoms with Crippen LogP contribution in [0.3, 0.4) is 0 Å². The monoisotopic (exact) mass is 344 g/mol. The van der Waals surface area contributed by atoms with Crippen molar-refractivity contribution in [2.24, 2.45) is 0 Å². The Hall–Kier alpha value is -2.24. The minimum Gasteiger partial charge on any atom is -0.387 e. The number of nitrogens with zero attached hydrogens (tertiary/aromatic N) is 2. The molecule has 0 heterocycles. The zero-order chi connectivity index (χ0) is 18.4. The lowest BCUT2D eigenvalue weighted by Crippen LogP contribution is -2.28. The van der Waals surface area contributed by atoms with E-state index in [1.165, 1.54) is 11.0 Å². The van der Waals surface area contributed by atoms with Crippen molar-refractivity contribution in [1.29, 1.82) is 0 Å². The van der Waals surface area contributed by atoms with Gasteiger partial charge in [-0.2, -0.15) is 0 Å². The van der Waals surface area contributed by atoms with E-state index in [4.69, 9.17) is 0 Å². The first kappa shape index (κ1) is 19.1. The maximum Gasteiger partial charge on any atom is 0.253 e. The topological polar surface area (TPSA) is 43.8 Å². The average molecular weight is 344 g/mol. The van der Waals surface area contributed by atoms with Crippen LogP contribution >= 0.6 is 0 Å². The number of carbonyl (C=O) groups excluding carboxylic acids is 1. The average Bonchev–Trinajstić information content (AvgIpc) is 2.61. The smallest absolute Gasteiger partial charge is 0.253 e. The first-order valence-electron chi connectivity index (χ1n) is 8.37. The van der Waals surface area contributed by atoms with Crippen molar-refractivity contribution in [3.05, 3.63) is 71.0 Å². The van der Waals surface area contributed by atoms with Crippen LogP contribution in [0, 0.1) is 5.82 Å². The molecule has 25 heavy (non-hydrogen) atoms. The van der Waals surface area contributed by atoms with Crippen LogP contribution in [0.4, 0.5) is 4.39 Å². The largest absolute Gasteiger partial charge is 0.387 e. The summed E-state index contributed by atoms with van der Waals surface area (Å²) in [7, 11) is 3.44. The second kappa shape index (κ2) is 8.74. The molecule has 1 atom stereocenters. The summed E-state index contributed by atoms with van der Waals surface area (Å²) in [5, 5.41) is 10.3. The van der Waals surface area contributed by atoms with Gasteiger partial charge >= 0.3 is 0 Å². The summed E-state index contributed by atoms with van der Waals surface area (Å²) in [5.74, 6) is -0.425. The third kappa shape index (κ3) is 5.11. The lowest BCUT2D eigenvalue weighted by Gasteiger charge is -2.24. The van der Waals surface area contributed by atoms with Gasteiger partial charge in [-0.15, -0.1) is 0 Å². The molecule has 1 N–H and O–H groups in total. The molecular formula is C20H25FN2O2. The normalized spacial score (nSPS) is 12.2. The predicted octanol–water partition coefficient (Wildman–Crippen LogP) is 3.08. The van der Waals surface area contributed by atoms with Crippen molar-refractivity contribution in [1.82, 2.24) is 9.80 Å². The molecule has 0 spiro atoms. The molecule has 0 bridgehead atoms. The molecule has 1 amide bonds. The number of amides is 1. The maximum atomic E-state index is 13.8. The van der Waals surface area contributed by atoms with Gasteiger partial charge in [0.05, 0.1) is 6.10 Å². The third-order valence-electron chi connectivity index (χ3n) is 4.16. The van der Waals surface area contributed by atoms with Gasteiger partial charge in [0.15, 0.2) is 0 Å². The molecule has 0 saturated carbocycles. The molecular weight excluding hydrogens is 319 g/mol. The van der Waals surface area contributed by atoms with Crippen LogP contribution in [0.1, 0.15) is 34.5 Å². The van der Waals surface area contributed by atoms with Crippen LogP contribution < -0.4 is 0 Å². The quantitative estimate of drug-likeness (QED) is 0.839. The van der Waals surface area contributed by atoms with Crippen LogP contribution in [0.5, 0.6) is 0 Å². The Morgan fingerprint density at radius 3 is 2.32 bits per heavy atom. The molecule has 1 unspecified atom stereocenters. The fraction of sp³-hybridized carbons (Fsp3) is 0.350. The Balaban J connectivity index is 2.02. The molecule has 2 rings (SSSR count). The minimum absolute atomic E-state index is 0.0335. The zero-order valence-corrected chi connectivity index (χ0v) is 14.9. The highest BCUT2D eigenvalue weighted by atomic mass is 19.1. The molecule has 134 valence electrons. The van der Waals surface area contributed by atoms with Crippen molar-refractivity contribution in [2.75, 3.05) is 27.2 Å². The molecule has 0 aromatic heterocycles. The van der Waals surface area contributed by atoms with E-state index in [-0.39, 0.29) is 5.91 Å². The molecule has 5 heteroatoms. The number of aliphatic hydroxyl groups excluding tert-OH is 1. The molecule has 0 aliphatic carbocycles. The van der Waals surface area contributed by atoms with E-state index in [1.807, 2.05) is 24.0 Å². The number of halogens is 1. The van der Waals surface area contributed by atoms with Crippen molar-refractivity contribution < 1.29 is 14.3 Å². The molecule has 2 aromatic carbocycles. The van der Waals surface area contributed by atoms with Crippen LogP contribution in [0.15, 0.2) is 48.5 Å². The SMILES string of the molecule is CCN(Cc1ccc(C(=O)N(C)C)cc1)CC(O)c1ccccc1F. The van der Waals surface area contributed by atoms with Crippen molar-refractivity contribution in [2.45, 2.75) is 19.6 Å². The van der Waals surface area contributed by atoms with Gasteiger partial charge < -0.3 is 10.0 Å². The van der Waals surface area contributed by atoms with Crippen molar-refractivity contribution >= 4 is 5.91 Å². The lowest BCUT2D eigenvalue weighted by atomic mass is 10.1. The van der Waals surface area contributed by atoms with Gasteiger partial charge in [0, 0.05) is 38.3 Å². The van der Waals surface area contributed by atoms with Crippen LogP contribution in [0.2, 0.25) is 0 Å². The highest BCUT2D eigenvalue weighted by Crippen LogP contribution is 2.19. The number of carbonyl (C=O) groups is 1. The van der Waals surface area contributed by atoms with Gasteiger partial charge in [0.1, 0.15) is 5.82 Å². The van der Waals surface area contributed by atoms with Crippen LogP contribution in [0.25, 0.3) is 0 Å². The van der Waals surface area contributed by atoms with Gasteiger partial charge in [0.2, 0.25) is 0 Å². The van der Waals surface area contributed by atoms with Gasteiger partial charge in [-0.1, -0.05) is 37.3 Å². The molecule has 4 nitrogen and oxygen atoms in total. The van der Waals surface area contributed by atoms with E-state index < -0.39 is 11.9 Å². The summed E-state index contributed by atoms with van der Waals surface area (Å²) in [6.45, 7) is 3.69. The predicted molar refractivity (Wildman–Crippen MR) is 96.8 cm³/mol. The first-order valence-corrected chi connectivity index (χ1v) is 8.37. The van der Waals surface area contributed by atoms with Gasteiger partial charge in [-0.05, 0) is 30.3 Å².